The molecule has 0 fully saturated rings. The van der Waals surface area contributed by atoms with Crippen LogP contribution in [-0.2, 0) is 9.59 Å². The highest BCUT2D eigenvalue weighted by Crippen LogP contribution is 2.17. The van der Waals surface area contributed by atoms with Crippen LogP contribution in [0.5, 0.6) is 0 Å². The third kappa shape index (κ3) is 2.78. The highest BCUT2D eigenvalue weighted by Gasteiger charge is 2.23. The Morgan fingerprint density at radius 1 is 1.47 bits per heavy atom. The first-order valence-corrected chi connectivity index (χ1v) is 4.37. The van der Waals surface area contributed by atoms with Gasteiger partial charge in [-0.3, -0.25) is 15.0 Å². The fraction of sp³-hybridized carbons (Fsp3) is 0.200. The van der Waals surface area contributed by atoms with E-state index < -0.39 is 12.0 Å². The Bertz CT molecular complexity index is 340. The molecule has 0 saturated carbocycles. The van der Waals surface area contributed by atoms with Crippen molar-refractivity contribution in [2.75, 3.05) is 7.05 Å². The van der Waals surface area contributed by atoms with E-state index in [1.54, 1.807) is 30.3 Å². The third-order valence-electron chi connectivity index (χ3n) is 1.99. The number of carbonyl (C=O) groups is 2. The number of carbonyl (C=O) groups excluding carboxylic acids is 1. The van der Waals surface area contributed by atoms with E-state index in [4.69, 9.17) is 5.11 Å². The minimum absolute atomic E-state index is 0.443. The maximum atomic E-state index is 11.0. The van der Waals surface area contributed by atoms with Crippen LogP contribution in [0, 0.1) is 0 Å². The molecule has 0 aliphatic rings. The van der Waals surface area contributed by atoms with Gasteiger partial charge in [-0.2, -0.15) is 0 Å². The molecule has 2 N–H and O–H groups in total. The van der Waals surface area contributed by atoms with Crippen LogP contribution in [0.2, 0.25) is 0 Å². The molecular formula is C10H12N2O3. The van der Waals surface area contributed by atoms with Gasteiger partial charge in [0.2, 0.25) is 6.41 Å². The molecular weight excluding hydrogens is 196 g/mol. The first kappa shape index (κ1) is 11.2. The summed E-state index contributed by atoms with van der Waals surface area (Å²) < 4.78 is 0. The second-order valence-electron chi connectivity index (χ2n) is 3.01. The average molecular weight is 208 g/mol. The second kappa shape index (κ2) is 5.11. The van der Waals surface area contributed by atoms with Gasteiger partial charge in [0.25, 0.3) is 0 Å². The van der Waals surface area contributed by atoms with Crippen LogP contribution in [0.1, 0.15) is 11.6 Å². The standard InChI is InChI=1S/C10H12N2O3/c1-12(11-7-13)9(10(14)15)8-5-3-2-4-6-8/h2-7,9H,1H3,(H,11,13)(H,14,15)/t9-/m1/s1. The molecule has 1 aromatic rings. The molecule has 0 heterocycles. The molecule has 0 bridgehead atoms. The summed E-state index contributed by atoms with van der Waals surface area (Å²) in [6.45, 7) is 0. The molecule has 80 valence electrons. The van der Waals surface area contributed by atoms with Crippen molar-refractivity contribution in [3.8, 4) is 0 Å². The third-order valence-corrected chi connectivity index (χ3v) is 1.99. The van der Waals surface area contributed by atoms with E-state index in [0.29, 0.717) is 12.0 Å². The maximum Gasteiger partial charge on any atom is 0.327 e. The molecule has 1 amide bonds. The van der Waals surface area contributed by atoms with Gasteiger partial charge < -0.3 is 5.11 Å². The van der Waals surface area contributed by atoms with E-state index in [9.17, 15) is 9.59 Å². The van der Waals surface area contributed by atoms with Crippen LogP contribution in [-0.4, -0.2) is 29.5 Å². The molecule has 0 aromatic heterocycles. The summed E-state index contributed by atoms with van der Waals surface area (Å²) in [5.74, 6) is -1.02. The number of nitrogens with zero attached hydrogens (tertiary/aromatic N) is 1. The average Bonchev–Trinajstić information content (AvgIpc) is 2.19. The minimum atomic E-state index is -1.02. The first-order chi connectivity index (χ1) is 7.16. The van der Waals surface area contributed by atoms with E-state index in [-0.39, 0.29) is 0 Å². The van der Waals surface area contributed by atoms with E-state index in [0.717, 1.165) is 0 Å². The van der Waals surface area contributed by atoms with Crippen LogP contribution in [0.4, 0.5) is 0 Å². The lowest BCUT2D eigenvalue weighted by Gasteiger charge is -2.23. The molecule has 5 nitrogen and oxygen atoms in total. The first-order valence-electron chi connectivity index (χ1n) is 4.37. The predicted octanol–water partition coefficient (Wildman–Crippen LogP) is 0.405. The number of rotatable bonds is 5. The SMILES string of the molecule is CN(NC=O)[C@@H](C(=O)O)c1ccccc1. The molecule has 15 heavy (non-hydrogen) atoms. The van der Waals surface area contributed by atoms with Crippen LogP contribution < -0.4 is 5.43 Å². The highest BCUT2D eigenvalue weighted by atomic mass is 16.4. The number of likely N-dealkylation sites (N-methyl/N-ethyl adjacent to an activating group) is 1. The zero-order valence-corrected chi connectivity index (χ0v) is 8.25. The molecule has 0 saturated heterocycles. The van der Waals surface area contributed by atoms with Crippen LogP contribution in [0.25, 0.3) is 0 Å². The summed E-state index contributed by atoms with van der Waals surface area (Å²) in [5, 5.41) is 10.3. The second-order valence-corrected chi connectivity index (χ2v) is 3.01. The maximum absolute atomic E-state index is 11.0. The Balaban J connectivity index is 2.93. The van der Waals surface area contributed by atoms with Crippen LogP contribution in [0.15, 0.2) is 30.3 Å². The smallest absolute Gasteiger partial charge is 0.327 e. The van der Waals surface area contributed by atoms with Crippen molar-refractivity contribution in [3.63, 3.8) is 0 Å². The normalized spacial score (nSPS) is 12.1. The van der Waals surface area contributed by atoms with Gasteiger partial charge in [-0.25, -0.2) is 5.01 Å². The van der Waals surface area contributed by atoms with Gasteiger partial charge in [0.1, 0.15) is 0 Å². The molecule has 0 aliphatic carbocycles. The van der Waals surface area contributed by atoms with Gasteiger partial charge in [0.05, 0.1) is 0 Å². The Morgan fingerprint density at radius 2 is 2.07 bits per heavy atom. The number of amides is 1. The van der Waals surface area contributed by atoms with E-state index in [2.05, 4.69) is 5.43 Å². The molecule has 0 aliphatic heterocycles. The number of benzene rings is 1. The van der Waals surface area contributed by atoms with Crippen LogP contribution in [0.3, 0.4) is 0 Å². The number of aliphatic carboxylic acids is 1. The topological polar surface area (TPSA) is 69.6 Å². The summed E-state index contributed by atoms with van der Waals surface area (Å²) >= 11 is 0. The van der Waals surface area contributed by atoms with Crippen molar-refractivity contribution in [2.45, 2.75) is 6.04 Å². The van der Waals surface area contributed by atoms with Gasteiger partial charge >= 0.3 is 5.97 Å². The van der Waals surface area contributed by atoms with Crippen LogP contribution >= 0.6 is 0 Å². The van der Waals surface area contributed by atoms with Crippen molar-refractivity contribution in [1.82, 2.24) is 10.4 Å². The van der Waals surface area contributed by atoms with Crippen molar-refractivity contribution < 1.29 is 14.7 Å². The molecule has 0 spiro atoms. The molecule has 1 rings (SSSR count). The van der Waals surface area contributed by atoms with E-state index in [1.165, 1.54) is 12.1 Å². The Labute approximate surface area is 87.3 Å². The van der Waals surface area contributed by atoms with Crippen molar-refractivity contribution in [3.05, 3.63) is 35.9 Å². The molecule has 0 radical (unpaired) electrons. The summed E-state index contributed by atoms with van der Waals surface area (Å²) in [6.07, 6.45) is 0.443. The molecule has 5 heteroatoms. The van der Waals surface area contributed by atoms with Gasteiger partial charge in [-0.05, 0) is 5.56 Å². The Kier molecular flexibility index (Phi) is 3.82. The molecule has 0 unspecified atom stereocenters. The van der Waals surface area contributed by atoms with Crippen molar-refractivity contribution >= 4 is 12.4 Å². The number of hydrogen-bond acceptors (Lipinski definition) is 3. The van der Waals surface area contributed by atoms with Gasteiger partial charge in [0, 0.05) is 7.05 Å². The summed E-state index contributed by atoms with van der Waals surface area (Å²) in [7, 11) is 1.50. The highest BCUT2D eigenvalue weighted by molar-refractivity contribution is 5.75. The number of nitrogens with one attached hydrogen (secondary N) is 1. The lowest BCUT2D eigenvalue weighted by atomic mass is 10.1. The lowest BCUT2D eigenvalue weighted by Crippen LogP contribution is -2.40. The zero-order valence-electron chi connectivity index (χ0n) is 8.25. The minimum Gasteiger partial charge on any atom is -0.480 e. The largest absolute Gasteiger partial charge is 0.480 e. The number of carboxylic acid groups (broad SMARTS) is 1. The lowest BCUT2D eigenvalue weighted by molar-refractivity contribution is -0.144. The van der Waals surface area contributed by atoms with Gasteiger partial charge in [-0.15, -0.1) is 0 Å². The zero-order chi connectivity index (χ0) is 11.3. The fourth-order valence-corrected chi connectivity index (χ4v) is 1.32. The summed E-state index contributed by atoms with van der Waals surface area (Å²) in [6, 6.07) is 7.82. The van der Waals surface area contributed by atoms with Gasteiger partial charge in [-0.1, -0.05) is 30.3 Å². The summed E-state index contributed by atoms with van der Waals surface area (Å²) in [5.41, 5.74) is 2.91. The number of hydrogen-bond donors (Lipinski definition) is 2. The van der Waals surface area contributed by atoms with E-state index >= 15 is 0 Å². The molecule has 1 atom stereocenters. The quantitative estimate of drug-likeness (QED) is 0.543. The Morgan fingerprint density at radius 3 is 2.53 bits per heavy atom. The predicted molar refractivity (Wildman–Crippen MR) is 53.8 cm³/mol. The molecule has 1 aromatic carbocycles. The fourth-order valence-electron chi connectivity index (χ4n) is 1.32. The van der Waals surface area contributed by atoms with Gasteiger partial charge in [0.15, 0.2) is 6.04 Å². The van der Waals surface area contributed by atoms with E-state index in [1.807, 2.05) is 0 Å². The Hall–Kier alpha value is -1.88. The summed E-state index contributed by atoms with van der Waals surface area (Å²) in [4.78, 5) is 21.2. The van der Waals surface area contributed by atoms with Crippen molar-refractivity contribution in [1.29, 1.82) is 0 Å². The number of carboxylic acids is 1. The monoisotopic (exact) mass is 208 g/mol. The van der Waals surface area contributed by atoms with Crippen molar-refractivity contribution in [2.24, 2.45) is 0 Å². The number of hydrazine groups is 1.